The van der Waals surface area contributed by atoms with Crippen LogP contribution in [0, 0.1) is 0 Å². The highest BCUT2D eigenvalue weighted by Crippen LogP contribution is 2.23. The Morgan fingerprint density at radius 2 is 1.50 bits per heavy atom. The summed E-state index contributed by atoms with van der Waals surface area (Å²) in [5.74, 6) is -0.0524. The van der Waals surface area contributed by atoms with Crippen molar-refractivity contribution in [2.45, 2.75) is 6.42 Å². The molecule has 24 heavy (non-hydrogen) atoms. The van der Waals surface area contributed by atoms with Crippen LogP contribution in [0.2, 0.25) is 5.02 Å². The predicted molar refractivity (Wildman–Crippen MR) is 99.4 cm³/mol. The normalized spacial score (nSPS) is 10.4. The fourth-order valence-corrected chi connectivity index (χ4v) is 2.74. The summed E-state index contributed by atoms with van der Waals surface area (Å²) in [6.07, 6.45) is 0.774. The molecule has 0 atom stereocenters. The molecule has 3 aromatic carbocycles. The number of rotatable bonds is 5. The maximum atomic E-state index is 12.6. The summed E-state index contributed by atoms with van der Waals surface area (Å²) in [5, 5.41) is 3.72. The monoisotopic (exact) mass is 335 g/mol. The average Bonchev–Trinajstić information content (AvgIpc) is 2.64. The van der Waals surface area contributed by atoms with Crippen molar-refractivity contribution in [3.8, 4) is 11.1 Å². The second kappa shape index (κ2) is 7.80. The molecule has 0 heterocycles. The third-order valence-electron chi connectivity index (χ3n) is 3.87. The number of nitrogens with one attached hydrogen (secondary N) is 1. The van der Waals surface area contributed by atoms with Gasteiger partial charge < -0.3 is 5.32 Å². The molecular formula is C21H18ClNO. The second-order valence-corrected chi connectivity index (χ2v) is 5.98. The van der Waals surface area contributed by atoms with Gasteiger partial charge >= 0.3 is 0 Å². The second-order valence-electron chi connectivity index (χ2n) is 5.54. The maximum Gasteiger partial charge on any atom is 0.251 e. The van der Waals surface area contributed by atoms with E-state index in [1.165, 1.54) is 0 Å². The lowest BCUT2D eigenvalue weighted by atomic mass is 9.99. The molecule has 3 rings (SSSR count). The molecule has 1 N–H and O–H groups in total. The van der Waals surface area contributed by atoms with Gasteiger partial charge in [0.15, 0.2) is 0 Å². The molecule has 0 spiro atoms. The molecular weight excluding hydrogens is 318 g/mol. The Hall–Kier alpha value is -2.58. The van der Waals surface area contributed by atoms with E-state index in [-0.39, 0.29) is 5.91 Å². The highest BCUT2D eigenvalue weighted by molar-refractivity contribution is 6.30. The van der Waals surface area contributed by atoms with Crippen LogP contribution in [-0.2, 0) is 6.42 Å². The Morgan fingerprint density at radius 1 is 0.833 bits per heavy atom. The number of hydrogen-bond acceptors (Lipinski definition) is 1. The molecule has 3 heteroatoms. The number of hydrogen-bond donors (Lipinski definition) is 1. The van der Waals surface area contributed by atoms with Crippen LogP contribution >= 0.6 is 11.6 Å². The molecule has 0 radical (unpaired) electrons. The van der Waals surface area contributed by atoms with Gasteiger partial charge in [-0.1, -0.05) is 72.3 Å². The van der Waals surface area contributed by atoms with E-state index in [0.717, 1.165) is 28.1 Å². The molecule has 0 aliphatic carbocycles. The zero-order valence-electron chi connectivity index (χ0n) is 13.2. The number of amides is 1. The SMILES string of the molecule is O=C(NCCc1ccc(Cl)cc1)c1ccccc1-c1ccccc1. The lowest BCUT2D eigenvalue weighted by Crippen LogP contribution is -2.26. The summed E-state index contributed by atoms with van der Waals surface area (Å²) >= 11 is 5.88. The van der Waals surface area contributed by atoms with Crippen molar-refractivity contribution in [3.63, 3.8) is 0 Å². The molecule has 0 saturated heterocycles. The first kappa shape index (κ1) is 16.3. The van der Waals surface area contributed by atoms with E-state index < -0.39 is 0 Å². The number of carbonyl (C=O) groups excluding carboxylic acids is 1. The Labute approximate surface area is 147 Å². The van der Waals surface area contributed by atoms with E-state index in [4.69, 9.17) is 11.6 Å². The van der Waals surface area contributed by atoms with E-state index in [2.05, 4.69) is 5.32 Å². The molecule has 2 nitrogen and oxygen atoms in total. The zero-order chi connectivity index (χ0) is 16.8. The minimum absolute atomic E-state index is 0.0524. The van der Waals surface area contributed by atoms with Crippen LogP contribution in [0.4, 0.5) is 0 Å². The van der Waals surface area contributed by atoms with Gasteiger partial charge in [-0.25, -0.2) is 0 Å². The van der Waals surface area contributed by atoms with Crippen LogP contribution in [-0.4, -0.2) is 12.5 Å². The summed E-state index contributed by atoms with van der Waals surface area (Å²) in [5.41, 5.74) is 3.83. The predicted octanol–water partition coefficient (Wildman–Crippen LogP) is 4.98. The van der Waals surface area contributed by atoms with Gasteiger partial charge in [-0.15, -0.1) is 0 Å². The van der Waals surface area contributed by atoms with Crippen molar-refractivity contribution in [2.24, 2.45) is 0 Å². The first-order valence-corrected chi connectivity index (χ1v) is 8.29. The third-order valence-corrected chi connectivity index (χ3v) is 4.12. The molecule has 0 saturated carbocycles. The highest BCUT2D eigenvalue weighted by atomic mass is 35.5. The van der Waals surface area contributed by atoms with Crippen molar-refractivity contribution in [1.29, 1.82) is 0 Å². The zero-order valence-corrected chi connectivity index (χ0v) is 14.0. The van der Waals surface area contributed by atoms with Crippen LogP contribution in [0.5, 0.6) is 0 Å². The number of halogens is 1. The molecule has 0 aromatic heterocycles. The lowest BCUT2D eigenvalue weighted by molar-refractivity contribution is 0.0955. The van der Waals surface area contributed by atoms with Gasteiger partial charge in [0, 0.05) is 17.1 Å². The topological polar surface area (TPSA) is 29.1 Å². The summed E-state index contributed by atoms with van der Waals surface area (Å²) < 4.78 is 0. The van der Waals surface area contributed by atoms with E-state index in [9.17, 15) is 4.79 Å². The lowest BCUT2D eigenvalue weighted by Gasteiger charge is -2.10. The van der Waals surface area contributed by atoms with Crippen molar-refractivity contribution < 1.29 is 4.79 Å². The van der Waals surface area contributed by atoms with Crippen molar-refractivity contribution >= 4 is 17.5 Å². The molecule has 1 amide bonds. The van der Waals surface area contributed by atoms with Gasteiger partial charge in [0.2, 0.25) is 0 Å². The van der Waals surface area contributed by atoms with Gasteiger partial charge in [-0.3, -0.25) is 4.79 Å². The van der Waals surface area contributed by atoms with Crippen molar-refractivity contribution in [1.82, 2.24) is 5.32 Å². The van der Waals surface area contributed by atoms with E-state index in [1.54, 1.807) is 0 Å². The summed E-state index contributed by atoms with van der Waals surface area (Å²) in [6.45, 7) is 0.587. The minimum Gasteiger partial charge on any atom is -0.352 e. The molecule has 3 aromatic rings. The maximum absolute atomic E-state index is 12.6. The molecule has 0 bridgehead atoms. The van der Waals surface area contributed by atoms with Crippen LogP contribution in [0.15, 0.2) is 78.9 Å². The minimum atomic E-state index is -0.0524. The Bertz CT molecular complexity index is 813. The Balaban J connectivity index is 1.68. The van der Waals surface area contributed by atoms with Gasteiger partial charge in [0.05, 0.1) is 0 Å². The standard InChI is InChI=1S/C21H18ClNO/c22-18-12-10-16(11-13-18)14-15-23-21(24)20-9-5-4-8-19(20)17-6-2-1-3-7-17/h1-13H,14-15H2,(H,23,24). The third kappa shape index (κ3) is 4.03. The average molecular weight is 336 g/mol. The molecule has 0 aliphatic heterocycles. The Kier molecular flexibility index (Phi) is 5.29. The quantitative estimate of drug-likeness (QED) is 0.700. The summed E-state index contributed by atoms with van der Waals surface area (Å²) in [7, 11) is 0. The van der Waals surface area contributed by atoms with Gasteiger partial charge in [0.1, 0.15) is 0 Å². The van der Waals surface area contributed by atoms with Crippen molar-refractivity contribution in [3.05, 3.63) is 95.0 Å². The van der Waals surface area contributed by atoms with E-state index in [0.29, 0.717) is 12.1 Å². The smallest absolute Gasteiger partial charge is 0.251 e. The molecule has 120 valence electrons. The largest absolute Gasteiger partial charge is 0.352 e. The highest BCUT2D eigenvalue weighted by Gasteiger charge is 2.11. The number of benzene rings is 3. The van der Waals surface area contributed by atoms with Crippen LogP contribution in [0.1, 0.15) is 15.9 Å². The van der Waals surface area contributed by atoms with Crippen LogP contribution in [0.25, 0.3) is 11.1 Å². The first-order chi connectivity index (χ1) is 11.7. The van der Waals surface area contributed by atoms with Gasteiger partial charge in [0.25, 0.3) is 5.91 Å². The van der Waals surface area contributed by atoms with Crippen LogP contribution in [0.3, 0.4) is 0 Å². The fourth-order valence-electron chi connectivity index (χ4n) is 2.62. The Morgan fingerprint density at radius 3 is 2.25 bits per heavy atom. The van der Waals surface area contributed by atoms with Crippen LogP contribution < -0.4 is 5.32 Å². The summed E-state index contributed by atoms with van der Waals surface area (Å²) in [4.78, 5) is 12.6. The van der Waals surface area contributed by atoms with Gasteiger partial charge in [-0.2, -0.15) is 0 Å². The first-order valence-electron chi connectivity index (χ1n) is 7.91. The number of carbonyl (C=O) groups is 1. The molecule has 0 unspecified atom stereocenters. The summed E-state index contributed by atoms with van der Waals surface area (Å²) in [6, 6.07) is 25.3. The van der Waals surface area contributed by atoms with Crippen molar-refractivity contribution in [2.75, 3.05) is 6.54 Å². The van der Waals surface area contributed by atoms with Gasteiger partial charge in [-0.05, 0) is 41.3 Å². The molecule has 0 aliphatic rings. The van der Waals surface area contributed by atoms with E-state index >= 15 is 0 Å². The molecule has 0 fully saturated rings. The fraction of sp³-hybridized carbons (Fsp3) is 0.0952. The van der Waals surface area contributed by atoms with E-state index in [1.807, 2.05) is 78.9 Å².